The second kappa shape index (κ2) is 6.25. The fourth-order valence-electron chi connectivity index (χ4n) is 1.98. The molecule has 1 fully saturated rings. The molecule has 0 aromatic heterocycles. The summed E-state index contributed by atoms with van der Waals surface area (Å²) < 4.78 is 47.1. The molecule has 1 aliphatic rings. The van der Waals surface area contributed by atoms with Gasteiger partial charge >= 0.3 is 6.61 Å². The van der Waals surface area contributed by atoms with Gasteiger partial charge in [0.25, 0.3) is 5.91 Å². The maximum absolute atomic E-state index is 12.8. The SMILES string of the molecule is COc1cc([BH2-]O)cc(OC(F)F)c1C(=O)N[C@@H]1C[C@@H]1F. The molecule has 9 heteroatoms. The molecule has 0 saturated heterocycles. The van der Waals surface area contributed by atoms with Gasteiger partial charge in [-0.2, -0.15) is 14.2 Å². The van der Waals surface area contributed by atoms with E-state index in [9.17, 15) is 23.0 Å². The van der Waals surface area contributed by atoms with Gasteiger partial charge in [-0.25, -0.2) is 4.39 Å². The molecule has 1 amide bonds. The van der Waals surface area contributed by atoms with Gasteiger partial charge < -0.3 is 19.8 Å². The Hall–Kier alpha value is -1.90. The summed E-state index contributed by atoms with van der Waals surface area (Å²) in [6.45, 7) is -3.13. The lowest BCUT2D eigenvalue weighted by molar-refractivity contribution is -0.0502. The fraction of sp³-hybridized carbons (Fsp3) is 0.417. The van der Waals surface area contributed by atoms with Crippen molar-refractivity contribution in [1.82, 2.24) is 5.32 Å². The number of hydrogen-bond acceptors (Lipinski definition) is 4. The van der Waals surface area contributed by atoms with Crippen molar-refractivity contribution in [1.29, 1.82) is 0 Å². The number of rotatable bonds is 6. The Labute approximate surface area is 119 Å². The van der Waals surface area contributed by atoms with Crippen LogP contribution in [0.3, 0.4) is 0 Å². The summed E-state index contributed by atoms with van der Waals surface area (Å²) in [7, 11) is -0.270. The molecule has 1 saturated carbocycles. The van der Waals surface area contributed by atoms with Gasteiger partial charge in [0.2, 0.25) is 0 Å². The van der Waals surface area contributed by atoms with E-state index >= 15 is 0 Å². The molecular weight excluding hydrogens is 290 g/mol. The third kappa shape index (κ3) is 3.60. The van der Waals surface area contributed by atoms with E-state index in [1.807, 2.05) is 0 Å². The molecular formula is C12H14BF3NO4-. The Kier molecular flexibility index (Phi) is 4.61. The van der Waals surface area contributed by atoms with Crippen LogP contribution in [0, 0.1) is 0 Å². The molecule has 5 nitrogen and oxygen atoms in total. The van der Waals surface area contributed by atoms with E-state index in [1.54, 1.807) is 0 Å². The van der Waals surface area contributed by atoms with E-state index in [0.29, 0.717) is 5.46 Å². The van der Waals surface area contributed by atoms with E-state index in [1.165, 1.54) is 19.2 Å². The Balaban J connectivity index is 2.36. The van der Waals surface area contributed by atoms with Crippen LogP contribution in [0.2, 0.25) is 0 Å². The molecule has 0 spiro atoms. The topological polar surface area (TPSA) is 67.8 Å². The molecule has 0 unspecified atom stereocenters. The number of alkyl halides is 3. The minimum atomic E-state index is -3.13. The van der Waals surface area contributed by atoms with Gasteiger partial charge in [0.1, 0.15) is 30.7 Å². The number of hydrogen-bond donors (Lipinski definition) is 2. The lowest BCUT2D eigenvalue weighted by Gasteiger charge is -2.17. The summed E-state index contributed by atoms with van der Waals surface area (Å²) in [5.74, 6) is -1.16. The minimum absolute atomic E-state index is 0.00509. The third-order valence-corrected chi connectivity index (χ3v) is 3.16. The molecule has 1 aromatic carbocycles. The van der Waals surface area contributed by atoms with Gasteiger partial charge in [0.05, 0.1) is 13.2 Å². The van der Waals surface area contributed by atoms with Crippen LogP contribution in [0.15, 0.2) is 12.1 Å². The molecule has 0 heterocycles. The lowest BCUT2D eigenvalue weighted by atomic mass is 9.87. The van der Waals surface area contributed by atoms with Crippen LogP contribution < -0.4 is 20.3 Å². The average molecular weight is 304 g/mol. The van der Waals surface area contributed by atoms with Crippen LogP contribution in [0.4, 0.5) is 13.2 Å². The first kappa shape index (κ1) is 15.5. The highest BCUT2D eigenvalue weighted by Crippen LogP contribution is 2.31. The molecule has 21 heavy (non-hydrogen) atoms. The number of carbonyl (C=O) groups is 1. The zero-order valence-corrected chi connectivity index (χ0v) is 11.4. The van der Waals surface area contributed by atoms with Gasteiger partial charge in [0, 0.05) is 6.42 Å². The Morgan fingerprint density at radius 2 is 2.10 bits per heavy atom. The number of nitrogens with one attached hydrogen (secondary N) is 1. The predicted molar refractivity (Wildman–Crippen MR) is 70.8 cm³/mol. The largest absolute Gasteiger partial charge is 0.606 e. The van der Waals surface area contributed by atoms with Crippen molar-refractivity contribution in [3.8, 4) is 11.5 Å². The van der Waals surface area contributed by atoms with Crippen molar-refractivity contribution in [2.75, 3.05) is 7.11 Å². The molecule has 0 bridgehead atoms. The van der Waals surface area contributed by atoms with Crippen molar-refractivity contribution < 1.29 is 32.5 Å². The van der Waals surface area contributed by atoms with E-state index < -0.39 is 38.0 Å². The molecule has 1 aromatic rings. The highest BCUT2D eigenvalue weighted by molar-refractivity contribution is 6.45. The van der Waals surface area contributed by atoms with Crippen molar-refractivity contribution in [3.63, 3.8) is 0 Å². The number of benzene rings is 1. The molecule has 2 atom stereocenters. The number of halogens is 3. The highest BCUT2D eigenvalue weighted by atomic mass is 19.3. The maximum Gasteiger partial charge on any atom is 0.387 e. The van der Waals surface area contributed by atoms with Crippen molar-refractivity contribution in [2.45, 2.75) is 25.2 Å². The van der Waals surface area contributed by atoms with Gasteiger partial charge in [0.15, 0.2) is 0 Å². The third-order valence-electron chi connectivity index (χ3n) is 3.16. The predicted octanol–water partition coefficient (Wildman–Crippen LogP) is -0.162. The van der Waals surface area contributed by atoms with Crippen LogP contribution in [-0.2, 0) is 0 Å². The average Bonchev–Trinajstić information content (AvgIpc) is 3.11. The fourth-order valence-corrected chi connectivity index (χ4v) is 1.98. The molecule has 0 radical (unpaired) electrons. The standard InChI is InChI=1S/C12H14BF3NO4/c1-20-8-2-5(13-19)3-9(21-12(15)16)10(8)11(18)17-7-4-6(7)14/h2-3,6-7,12,19H,4,13H2,1H3,(H,17,18)/q-1/t6-,7+/m0/s1. The minimum Gasteiger partial charge on any atom is -0.606 e. The first-order valence-electron chi connectivity index (χ1n) is 6.45. The first-order valence-corrected chi connectivity index (χ1v) is 6.45. The van der Waals surface area contributed by atoms with Crippen LogP contribution in [-0.4, -0.2) is 44.3 Å². The summed E-state index contributed by atoms with van der Waals surface area (Å²) in [5, 5.41) is 11.6. The van der Waals surface area contributed by atoms with E-state index in [4.69, 9.17) is 4.74 Å². The smallest absolute Gasteiger partial charge is 0.387 e. The van der Waals surface area contributed by atoms with Crippen molar-refractivity contribution in [3.05, 3.63) is 17.7 Å². The Morgan fingerprint density at radius 1 is 1.48 bits per heavy atom. The maximum atomic E-state index is 12.8. The van der Waals surface area contributed by atoms with Crippen LogP contribution in [0.25, 0.3) is 0 Å². The summed E-state index contributed by atoms with van der Waals surface area (Å²) in [6, 6.07) is 1.93. The van der Waals surface area contributed by atoms with Gasteiger partial charge in [-0.05, 0) is 0 Å². The first-order chi connectivity index (χ1) is 9.96. The Morgan fingerprint density at radius 3 is 2.57 bits per heavy atom. The second-order valence-corrected chi connectivity index (χ2v) is 4.77. The number of amides is 1. The summed E-state index contributed by atoms with van der Waals surface area (Å²) in [5.41, 5.74) is 0.134. The van der Waals surface area contributed by atoms with Gasteiger partial charge in [-0.15, -0.1) is 0 Å². The molecule has 116 valence electrons. The highest BCUT2D eigenvalue weighted by Gasteiger charge is 2.39. The van der Waals surface area contributed by atoms with Crippen molar-refractivity contribution in [2.24, 2.45) is 0 Å². The molecule has 2 N–H and O–H groups in total. The van der Waals surface area contributed by atoms with Crippen LogP contribution >= 0.6 is 0 Å². The molecule has 2 rings (SSSR count). The van der Waals surface area contributed by atoms with E-state index in [2.05, 4.69) is 10.1 Å². The summed E-state index contributed by atoms with van der Waals surface area (Å²) >= 11 is 0. The van der Waals surface area contributed by atoms with E-state index in [-0.39, 0.29) is 17.7 Å². The van der Waals surface area contributed by atoms with Crippen LogP contribution in [0.1, 0.15) is 16.8 Å². The number of ether oxygens (including phenoxy) is 2. The molecule has 1 aliphatic carbocycles. The van der Waals surface area contributed by atoms with Crippen LogP contribution in [0.5, 0.6) is 11.5 Å². The number of methoxy groups -OCH3 is 1. The monoisotopic (exact) mass is 304 g/mol. The lowest BCUT2D eigenvalue weighted by Crippen LogP contribution is -2.29. The second-order valence-electron chi connectivity index (χ2n) is 4.77. The number of carbonyl (C=O) groups excluding carboxylic acids is 1. The zero-order valence-electron chi connectivity index (χ0n) is 11.4. The Bertz CT molecular complexity index is 543. The summed E-state index contributed by atoms with van der Waals surface area (Å²) in [6.07, 6.45) is -0.928. The quantitative estimate of drug-likeness (QED) is 0.717. The van der Waals surface area contributed by atoms with Gasteiger partial charge in [-0.1, -0.05) is 12.1 Å². The summed E-state index contributed by atoms with van der Waals surface area (Å²) in [4.78, 5) is 12.1. The molecule has 0 aliphatic heterocycles. The van der Waals surface area contributed by atoms with Crippen molar-refractivity contribution >= 4 is 18.9 Å². The zero-order chi connectivity index (χ0) is 15.6. The van der Waals surface area contributed by atoms with E-state index in [0.717, 1.165) is 0 Å². The normalized spacial score (nSPS) is 20.3. The van der Waals surface area contributed by atoms with Gasteiger partial charge in [-0.3, -0.25) is 4.79 Å².